The van der Waals surface area contributed by atoms with E-state index < -0.39 is 0 Å². The third-order valence-corrected chi connectivity index (χ3v) is 4.13. The largest absolute Gasteiger partial charge is 0.365 e. The van der Waals surface area contributed by atoms with Gasteiger partial charge in [-0.3, -0.25) is 0 Å². The van der Waals surface area contributed by atoms with Crippen LogP contribution < -0.4 is 10.2 Å². The molecule has 1 aromatic carbocycles. The number of anilines is 1. The molecule has 0 radical (unpaired) electrons. The Morgan fingerprint density at radius 2 is 2.00 bits per heavy atom. The van der Waals surface area contributed by atoms with Crippen molar-refractivity contribution in [3.05, 3.63) is 30.1 Å². The summed E-state index contributed by atoms with van der Waals surface area (Å²) < 4.78 is 13.0. The average molecular weight is 250 g/mol. The minimum absolute atomic E-state index is 0.153. The van der Waals surface area contributed by atoms with Gasteiger partial charge >= 0.3 is 0 Å². The molecule has 2 unspecified atom stereocenters. The minimum atomic E-state index is -0.166. The molecule has 0 spiro atoms. The van der Waals surface area contributed by atoms with Gasteiger partial charge in [0.1, 0.15) is 5.82 Å². The molecule has 2 rings (SSSR count). The maximum Gasteiger partial charge on any atom is 0.123 e. The van der Waals surface area contributed by atoms with Crippen LogP contribution in [0.4, 0.5) is 10.1 Å². The number of hydrogen-bond acceptors (Lipinski definition) is 2. The Morgan fingerprint density at radius 3 is 2.56 bits per heavy atom. The Bertz CT molecular complexity index is 390. The van der Waals surface area contributed by atoms with Crippen molar-refractivity contribution in [2.75, 3.05) is 18.0 Å². The number of rotatable bonds is 3. The zero-order valence-electron chi connectivity index (χ0n) is 11.5. The fourth-order valence-electron chi connectivity index (χ4n) is 2.57. The Labute approximate surface area is 109 Å². The zero-order valence-corrected chi connectivity index (χ0v) is 11.5. The highest BCUT2D eigenvalue weighted by atomic mass is 19.1. The topological polar surface area (TPSA) is 15.3 Å². The van der Waals surface area contributed by atoms with Crippen LogP contribution in [-0.4, -0.2) is 24.7 Å². The second-order valence-electron chi connectivity index (χ2n) is 5.46. The molecule has 1 aromatic rings. The van der Waals surface area contributed by atoms with Gasteiger partial charge < -0.3 is 10.2 Å². The van der Waals surface area contributed by atoms with Gasteiger partial charge in [0.05, 0.1) is 0 Å². The van der Waals surface area contributed by atoms with E-state index in [1.807, 2.05) is 12.1 Å². The van der Waals surface area contributed by atoms with Crippen LogP contribution in [0.3, 0.4) is 0 Å². The Hall–Kier alpha value is -1.09. The van der Waals surface area contributed by atoms with E-state index in [9.17, 15) is 4.39 Å². The first kappa shape index (κ1) is 13.3. The molecule has 0 aromatic heterocycles. The van der Waals surface area contributed by atoms with Crippen LogP contribution in [0.1, 0.15) is 33.6 Å². The van der Waals surface area contributed by atoms with Crippen LogP contribution in [0.25, 0.3) is 0 Å². The van der Waals surface area contributed by atoms with Crippen molar-refractivity contribution in [2.45, 2.75) is 45.2 Å². The summed E-state index contributed by atoms with van der Waals surface area (Å²) >= 11 is 0. The fourth-order valence-corrected chi connectivity index (χ4v) is 2.57. The molecule has 0 bridgehead atoms. The van der Waals surface area contributed by atoms with Gasteiger partial charge in [-0.1, -0.05) is 13.8 Å². The highest BCUT2D eigenvalue weighted by Crippen LogP contribution is 2.26. The lowest BCUT2D eigenvalue weighted by Gasteiger charge is -2.47. The highest BCUT2D eigenvalue weighted by Gasteiger charge is 2.33. The number of benzene rings is 1. The van der Waals surface area contributed by atoms with Gasteiger partial charge in [-0.05, 0) is 44.0 Å². The van der Waals surface area contributed by atoms with Crippen LogP contribution in [0.15, 0.2) is 24.3 Å². The first-order valence-corrected chi connectivity index (χ1v) is 6.85. The lowest BCUT2D eigenvalue weighted by Crippen LogP contribution is -2.62. The van der Waals surface area contributed by atoms with E-state index in [0.29, 0.717) is 6.04 Å². The molecule has 0 aliphatic carbocycles. The molecule has 3 heteroatoms. The number of piperazine rings is 1. The first-order chi connectivity index (χ1) is 8.58. The monoisotopic (exact) mass is 250 g/mol. The van der Waals surface area contributed by atoms with Gasteiger partial charge in [-0.15, -0.1) is 0 Å². The fraction of sp³-hybridized carbons (Fsp3) is 0.600. The van der Waals surface area contributed by atoms with Crippen molar-refractivity contribution in [1.82, 2.24) is 5.32 Å². The molecule has 2 atom stereocenters. The smallest absolute Gasteiger partial charge is 0.123 e. The third-order valence-electron chi connectivity index (χ3n) is 4.13. The van der Waals surface area contributed by atoms with E-state index in [-0.39, 0.29) is 11.4 Å². The Morgan fingerprint density at radius 1 is 1.33 bits per heavy atom. The van der Waals surface area contributed by atoms with Crippen LogP contribution in [0, 0.1) is 5.82 Å². The molecule has 1 heterocycles. The summed E-state index contributed by atoms with van der Waals surface area (Å²) in [5, 5.41) is 3.64. The quantitative estimate of drug-likeness (QED) is 0.886. The summed E-state index contributed by atoms with van der Waals surface area (Å²) in [4.78, 5) is 2.42. The van der Waals surface area contributed by atoms with Crippen LogP contribution in [0.2, 0.25) is 0 Å². The van der Waals surface area contributed by atoms with Crippen molar-refractivity contribution >= 4 is 5.69 Å². The molecular formula is C15H23FN2. The summed E-state index contributed by atoms with van der Waals surface area (Å²) in [5.41, 5.74) is 1.28. The van der Waals surface area contributed by atoms with Crippen molar-refractivity contribution in [1.29, 1.82) is 0 Å². The average Bonchev–Trinajstić information content (AvgIpc) is 2.40. The second kappa shape index (κ2) is 5.27. The van der Waals surface area contributed by atoms with E-state index in [4.69, 9.17) is 0 Å². The summed E-state index contributed by atoms with van der Waals surface area (Å²) in [6.45, 7) is 8.65. The molecule has 0 saturated carbocycles. The maximum absolute atomic E-state index is 13.0. The molecule has 1 N–H and O–H groups in total. The van der Waals surface area contributed by atoms with Crippen molar-refractivity contribution in [3.8, 4) is 0 Å². The molecular weight excluding hydrogens is 227 g/mol. The normalized spacial score (nSPS) is 28.4. The highest BCUT2D eigenvalue weighted by molar-refractivity contribution is 5.48. The van der Waals surface area contributed by atoms with E-state index >= 15 is 0 Å². The summed E-state index contributed by atoms with van der Waals surface area (Å²) in [6.07, 6.45) is 2.20. The zero-order chi connectivity index (χ0) is 13.2. The number of nitrogens with zero attached hydrogens (tertiary/aromatic N) is 1. The molecule has 0 amide bonds. The molecule has 2 nitrogen and oxygen atoms in total. The predicted octanol–water partition coefficient (Wildman–Crippen LogP) is 3.18. The molecule has 1 saturated heterocycles. The van der Waals surface area contributed by atoms with Gasteiger partial charge in [-0.25, -0.2) is 4.39 Å². The van der Waals surface area contributed by atoms with E-state index in [1.54, 1.807) is 12.1 Å². The Kier molecular flexibility index (Phi) is 3.91. The van der Waals surface area contributed by atoms with Crippen molar-refractivity contribution in [2.24, 2.45) is 0 Å². The van der Waals surface area contributed by atoms with Crippen LogP contribution >= 0.6 is 0 Å². The molecule has 1 aliphatic rings. The van der Waals surface area contributed by atoms with E-state index in [0.717, 1.165) is 31.6 Å². The lowest BCUT2D eigenvalue weighted by atomic mass is 9.92. The van der Waals surface area contributed by atoms with Crippen molar-refractivity contribution in [3.63, 3.8) is 0 Å². The van der Waals surface area contributed by atoms with Gasteiger partial charge in [0, 0.05) is 30.4 Å². The minimum Gasteiger partial charge on any atom is -0.365 e. The predicted molar refractivity (Wildman–Crippen MR) is 74.5 cm³/mol. The van der Waals surface area contributed by atoms with E-state index in [2.05, 4.69) is 31.0 Å². The standard InChI is InChI=1S/C15H23FN2/c1-4-13-10-17-15(3,5-2)11-18(13)14-8-6-12(16)7-9-14/h6-9,13,17H,4-5,10-11H2,1-3H3. The van der Waals surface area contributed by atoms with Crippen molar-refractivity contribution < 1.29 is 4.39 Å². The first-order valence-electron chi connectivity index (χ1n) is 6.85. The summed E-state index contributed by atoms with van der Waals surface area (Å²) in [7, 11) is 0. The van der Waals surface area contributed by atoms with Gasteiger partial charge in [0.25, 0.3) is 0 Å². The molecule has 1 fully saturated rings. The summed E-state index contributed by atoms with van der Waals surface area (Å²) in [6, 6.07) is 7.37. The number of halogens is 1. The number of hydrogen-bond donors (Lipinski definition) is 1. The number of nitrogens with one attached hydrogen (secondary N) is 1. The summed E-state index contributed by atoms with van der Waals surface area (Å²) in [5.74, 6) is -0.166. The van der Waals surface area contributed by atoms with Gasteiger partial charge in [-0.2, -0.15) is 0 Å². The molecule has 100 valence electrons. The van der Waals surface area contributed by atoms with Crippen LogP contribution in [-0.2, 0) is 0 Å². The lowest BCUT2D eigenvalue weighted by molar-refractivity contribution is 0.276. The van der Waals surface area contributed by atoms with E-state index in [1.165, 1.54) is 0 Å². The van der Waals surface area contributed by atoms with Crippen LogP contribution in [0.5, 0.6) is 0 Å². The Balaban J connectivity index is 2.23. The SMILES string of the molecule is CCC1CNC(C)(CC)CN1c1ccc(F)cc1. The third kappa shape index (κ3) is 2.66. The maximum atomic E-state index is 13.0. The van der Waals surface area contributed by atoms with Gasteiger partial charge in [0.15, 0.2) is 0 Å². The second-order valence-corrected chi connectivity index (χ2v) is 5.46. The molecule has 18 heavy (non-hydrogen) atoms. The molecule has 1 aliphatic heterocycles. The van der Waals surface area contributed by atoms with Gasteiger partial charge in [0.2, 0.25) is 0 Å².